The van der Waals surface area contributed by atoms with Gasteiger partial charge >= 0.3 is 0 Å². The van der Waals surface area contributed by atoms with E-state index in [-0.39, 0.29) is 5.84 Å². The molecular weight excluding hydrogens is 382 g/mol. The van der Waals surface area contributed by atoms with Gasteiger partial charge in [-0.15, -0.1) is 0 Å². The molecule has 0 amide bonds. The molecule has 0 aliphatic heterocycles. The highest BCUT2D eigenvalue weighted by molar-refractivity contribution is 5.95. The lowest BCUT2D eigenvalue weighted by atomic mass is 10.2. The van der Waals surface area contributed by atoms with Crippen molar-refractivity contribution in [2.24, 2.45) is 11.1 Å². The average molecular weight is 405 g/mol. The summed E-state index contributed by atoms with van der Waals surface area (Å²) in [6.45, 7) is 0.879. The van der Waals surface area contributed by atoms with Crippen LogP contribution in [0.25, 0.3) is 11.0 Å². The quantitative estimate of drug-likeness (QED) is 0.225. The van der Waals surface area contributed by atoms with E-state index >= 15 is 0 Å². The van der Waals surface area contributed by atoms with Gasteiger partial charge in [0.15, 0.2) is 5.84 Å². The van der Waals surface area contributed by atoms with E-state index in [2.05, 4.69) is 25.5 Å². The van der Waals surface area contributed by atoms with Crippen molar-refractivity contribution in [3.05, 3.63) is 48.3 Å². The number of amidine groups is 1. The van der Waals surface area contributed by atoms with Crippen molar-refractivity contribution in [3.8, 4) is 11.5 Å². The lowest BCUT2D eigenvalue weighted by Gasteiger charge is -2.26. The van der Waals surface area contributed by atoms with E-state index < -0.39 is 0 Å². The van der Waals surface area contributed by atoms with E-state index in [0.717, 1.165) is 34.9 Å². The van der Waals surface area contributed by atoms with E-state index in [1.807, 2.05) is 36.4 Å². The summed E-state index contributed by atoms with van der Waals surface area (Å²) in [5.74, 6) is 2.03. The number of benzene rings is 2. The molecule has 2 aromatic carbocycles. The Balaban J connectivity index is 1.77. The minimum atomic E-state index is -0.0721. The van der Waals surface area contributed by atoms with Crippen LogP contribution in [0.5, 0.6) is 11.5 Å². The van der Waals surface area contributed by atoms with Gasteiger partial charge < -0.3 is 14.4 Å². The molecule has 0 saturated heterocycles. The standard InChI is InChI=1S/C21H23N7O2/c1-29-16-7-15(8-17(10-16)30-2)28(12-13-3-4-13)14-5-6-18-19(9-14)25-20(11-24-18)21(22)26-27-23/h5-11,13H,3-4,12H2,1-2H3,(H3,22,23,26). The molecule has 9 nitrogen and oxygen atoms in total. The minimum Gasteiger partial charge on any atom is -0.497 e. The molecule has 1 heterocycles. The molecule has 1 aliphatic rings. The second-order valence-electron chi connectivity index (χ2n) is 7.15. The highest BCUT2D eigenvalue weighted by Gasteiger charge is 2.26. The molecule has 0 unspecified atom stereocenters. The Bertz CT molecular complexity index is 1080. The number of methoxy groups -OCH3 is 2. The normalized spacial score (nSPS) is 13.0. The van der Waals surface area contributed by atoms with Crippen LogP contribution >= 0.6 is 0 Å². The Kier molecular flexibility index (Phi) is 5.42. The Labute approximate surface area is 174 Å². The number of nitrogens with zero attached hydrogens (tertiary/aromatic N) is 4. The lowest BCUT2D eigenvalue weighted by Crippen LogP contribution is -2.20. The third-order valence-electron chi connectivity index (χ3n) is 5.05. The molecule has 9 heteroatoms. The Morgan fingerprint density at radius 1 is 1.10 bits per heavy atom. The van der Waals surface area contributed by atoms with Gasteiger partial charge in [0.1, 0.15) is 17.2 Å². The van der Waals surface area contributed by atoms with E-state index in [9.17, 15) is 0 Å². The molecule has 3 N–H and O–H groups in total. The first kappa shape index (κ1) is 19.6. The van der Waals surface area contributed by atoms with Crippen molar-refractivity contribution in [3.63, 3.8) is 0 Å². The molecule has 0 spiro atoms. The van der Waals surface area contributed by atoms with Gasteiger partial charge in [0.25, 0.3) is 0 Å². The monoisotopic (exact) mass is 405 g/mol. The van der Waals surface area contributed by atoms with Crippen LogP contribution in [0.4, 0.5) is 11.4 Å². The van der Waals surface area contributed by atoms with Crippen LogP contribution in [0.2, 0.25) is 0 Å². The SMILES string of the molecule is COc1cc(OC)cc(N(CC2CC2)c2ccc3ncc(C(=N)NN=N)nc3c2)c1. The zero-order valence-electron chi connectivity index (χ0n) is 16.8. The van der Waals surface area contributed by atoms with Crippen molar-refractivity contribution < 1.29 is 9.47 Å². The Morgan fingerprint density at radius 3 is 2.47 bits per heavy atom. The molecule has 0 bridgehead atoms. The molecule has 30 heavy (non-hydrogen) atoms. The van der Waals surface area contributed by atoms with Crippen molar-refractivity contribution in [1.29, 1.82) is 10.9 Å². The van der Waals surface area contributed by atoms with Crippen LogP contribution in [0, 0.1) is 16.9 Å². The summed E-state index contributed by atoms with van der Waals surface area (Å²) in [5, 5.41) is 10.9. The van der Waals surface area contributed by atoms with Gasteiger partial charge in [-0.25, -0.2) is 10.4 Å². The number of ether oxygens (including phenoxy) is 2. The summed E-state index contributed by atoms with van der Waals surface area (Å²) < 4.78 is 10.9. The van der Waals surface area contributed by atoms with E-state index in [0.29, 0.717) is 17.1 Å². The number of nitrogens with one attached hydrogen (secondary N) is 3. The molecule has 4 rings (SSSR count). The van der Waals surface area contributed by atoms with Crippen LogP contribution in [0.3, 0.4) is 0 Å². The molecule has 1 aliphatic carbocycles. The second kappa shape index (κ2) is 8.32. The highest BCUT2D eigenvalue weighted by Crippen LogP contribution is 2.38. The summed E-state index contributed by atoms with van der Waals surface area (Å²) >= 11 is 0. The summed E-state index contributed by atoms with van der Waals surface area (Å²) in [6.07, 6.45) is 3.93. The highest BCUT2D eigenvalue weighted by atomic mass is 16.5. The third-order valence-corrected chi connectivity index (χ3v) is 5.05. The fourth-order valence-electron chi connectivity index (χ4n) is 3.27. The van der Waals surface area contributed by atoms with Gasteiger partial charge in [0, 0.05) is 36.1 Å². The van der Waals surface area contributed by atoms with Gasteiger partial charge in [-0.3, -0.25) is 10.4 Å². The molecular formula is C21H23N7O2. The van der Waals surface area contributed by atoms with E-state index in [4.69, 9.17) is 20.4 Å². The molecule has 1 saturated carbocycles. The van der Waals surface area contributed by atoms with Crippen molar-refractivity contribution in [2.45, 2.75) is 12.8 Å². The number of fused-ring (bicyclic) bond motifs is 1. The molecule has 0 radical (unpaired) electrons. The summed E-state index contributed by atoms with van der Waals surface area (Å²) in [5.41, 5.74) is 12.8. The summed E-state index contributed by atoms with van der Waals surface area (Å²) in [4.78, 5) is 11.1. The first-order chi connectivity index (χ1) is 14.6. The molecule has 0 atom stereocenters. The minimum absolute atomic E-state index is 0.0721. The third kappa shape index (κ3) is 4.14. The van der Waals surface area contributed by atoms with Crippen LogP contribution in [-0.4, -0.2) is 36.6 Å². The first-order valence-corrected chi connectivity index (χ1v) is 9.60. The number of rotatable bonds is 8. The molecule has 3 aromatic rings. The van der Waals surface area contributed by atoms with Gasteiger partial charge in [0.2, 0.25) is 0 Å². The predicted molar refractivity (Wildman–Crippen MR) is 114 cm³/mol. The van der Waals surface area contributed by atoms with Gasteiger partial charge in [0.05, 0.1) is 31.4 Å². The number of aromatic nitrogens is 2. The van der Waals surface area contributed by atoms with Crippen LogP contribution in [0.1, 0.15) is 18.5 Å². The summed E-state index contributed by atoms with van der Waals surface area (Å²) in [7, 11) is 3.28. The van der Waals surface area contributed by atoms with Crippen LogP contribution in [0.15, 0.2) is 47.8 Å². The largest absolute Gasteiger partial charge is 0.497 e. The first-order valence-electron chi connectivity index (χ1n) is 9.60. The fourth-order valence-corrected chi connectivity index (χ4v) is 3.27. The molecule has 154 valence electrons. The number of hydrogen-bond donors (Lipinski definition) is 3. The second-order valence-corrected chi connectivity index (χ2v) is 7.15. The van der Waals surface area contributed by atoms with Crippen LogP contribution in [-0.2, 0) is 0 Å². The number of anilines is 2. The molecule has 1 aromatic heterocycles. The smallest absolute Gasteiger partial charge is 0.167 e. The number of hydrogen-bond acceptors (Lipinski definition) is 8. The lowest BCUT2D eigenvalue weighted by molar-refractivity contribution is 0.394. The maximum Gasteiger partial charge on any atom is 0.167 e. The molecule has 1 fully saturated rings. The zero-order valence-corrected chi connectivity index (χ0v) is 16.8. The van der Waals surface area contributed by atoms with E-state index in [1.54, 1.807) is 14.2 Å². The van der Waals surface area contributed by atoms with Crippen molar-refractivity contribution in [2.75, 3.05) is 25.7 Å². The Hall–Kier alpha value is -3.75. The van der Waals surface area contributed by atoms with Gasteiger partial charge in [-0.2, -0.15) is 5.53 Å². The predicted octanol–water partition coefficient (Wildman–Crippen LogP) is 4.06. The average Bonchev–Trinajstić information content (AvgIpc) is 3.60. The van der Waals surface area contributed by atoms with Crippen molar-refractivity contribution >= 4 is 28.2 Å². The van der Waals surface area contributed by atoms with Gasteiger partial charge in [-0.1, -0.05) is 5.22 Å². The Morgan fingerprint density at radius 2 is 1.83 bits per heavy atom. The maximum absolute atomic E-state index is 7.90. The van der Waals surface area contributed by atoms with E-state index in [1.165, 1.54) is 19.0 Å². The van der Waals surface area contributed by atoms with Crippen LogP contribution < -0.4 is 19.8 Å². The zero-order chi connectivity index (χ0) is 21.1. The topological polar surface area (TPSA) is 120 Å². The van der Waals surface area contributed by atoms with Gasteiger partial charge in [-0.05, 0) is 37.0 Å². The fraction of sp³-hybridized carbons (Fsp3) is 0.286. The maximum atomic E-state index is 7.90. The summed E-state index contributed by atoms with van der Waals surface area (Å²) in [6, 6.07) is 11.7. The van der Waals surface area contributed by atoms with Crippen molar-refractivity contribution in [1.82, 2.24) is 15.4 Å².